The van der Waals surface area contributed by atoms with E-state index in [1.165, 1.54) is 4.68 Å². The number of nitrogens with one attached hydrogen (secondary N) is 1. The van der Waals surface area contributed by atoms with Crippen LogP contribution in [0.2, 0.25) is 0 Å². The average Bonchev–Trinajstić information content (AvgIpc) is 3.00. The van der Waals surface area contributed by atoms with Crippen LogP contribution in [0.1, 0.15) is 6.42 Å². The van der Waals surface area contributed by atoms with E-state index < -0.39 is 9.84 Å². The summed E-state index contributed by atoms with van der Waals surface area (Å²) in [6, 6.07) is 0.0166. The number of aromatic nitrogens is 5. The van der Waals surface area contributed by atoms with E-state index in [2.05, 4.69) is 25.8 Å². The Balaban J connectivity index is 1.72. The molecule has 1 aliphatic rings. The molecule has 19 heavy (non-hydrogen) atoms. The van der Waals surface area contributed by atoms with Crippen molar-refractivity contribution in [3.8, 4) is 11.6 Å². The molecule has 0 spiro atoms. The molecular formula is C9H12N6O3S. The highest BCUT2D eigenvalue weighted by atomic mass is 32.2. The second-order valence-corrected chi connectivity index (χ2v) is 6.66. The summed E-state index contributed by atoms with van der Waals surface area (Å²) >= 11 is 0. The Bertz CT molecular complexity index is 690. The van der Waals surface area contributed by atoms with Crippen molar-refractivity contribution < 1.29 is 12.8 Å². The summed E-state index contributed by atoms with van der Waals surface area (Å²) < 4.78 is 29.6. The zero-order valence-corrected chi connectivity index (χ0v) is 11.0. The Hall–Kier alpha value is -1.97. The summed E-state index contributed by atoms with van der Waals surface area (Å²) in [7, 11) is -1.20. The van der Waals surface area contributed by atoms with Crippen LogP contribution in [-0.2, 0) is 16.9 Å². The van der Waals surface area contributed by atoms with Gasteiger partial charge < -0.3 is 9.73 Å². The lowest BCUT2D eigenvalue weighted by molar-refractivity contribution is 0.568. The fourth-order valence-electron chi connectivity index (χ4n) is 1.91. The first-order chi connectivity index (χ1) is 9.02. The summed E-state index contributed by atoms with van der Waals surface area (Å²) in [5.41, 5.74) is 0.474. The predicted octanol–water partition coefficient (Wildman–Crippen LogP) is -0.536. The quantitative estimate of drug-likeness (QED) is 0.799. The van der Waals surface area contributed by atoms with E-state index in [-0.39, 0.29) is 29.5 Å². The van der Waals surface area contributed by atoms with E-state index in [0.29, 0.717) is 12.1 Å². The van der Waals surface area contributed by atoms with Crippen LogP contribution < -0.4 is 5.32 Å². The van der Waals surface area contributed by atoms with Crippen molar-refractivity contribution in [3.05, 3.63) is 6.20 Å². The number of hydrogen-bond acceptors (Lipinski definition) is 8. The first-order valence-corrected chi connectivity index (χ1v) is 7.51. The van der Waals surface area contributed by atoms with Gasteiger partial charge in [0.1, 0.15) is 0 Å². The van der Waals surface area contributed by atoms with Crippen LogP contribution in [0.5, 0.6) is 0 Å². The Labute approximate surface area is 108 Å². The molecule has 1 fully saturated rings. The molecule has 0 aliphatic carbocycles. The minimum absolute atomic E-state index is 0.0931. The van der Waals surface area contributed by atoms with Crippen LogP contribution in [0.15, 0.2) is 10.6 Å². The number of nitrogens with zero attached hydrogens (tertiary/aromatic N) is 5. The largest absolute Gasteiger partial charge is 0.402 e. The average molecular weight is 284 g/mol. The van der Waals surface area contributed by atoms with Gasteiger partial charge in [-0.15, -0.1) is 10.2 Å². The van der Waals surface area contributed by atoms with Crippen LogP contribution in [0, 0.1) is 0 Å². The number of sulfone groups is 1. The van der Waals surface area contributed by atoms with Crippen LogP contribution in [0.3, 0.4) is 0 Å². The smallest absolute Gasteiger partial charge is 0.316 e. The van der Waals surface area contributed by atoms with E-state index >= 15 is 0 Å². The highest BCUT2D eigenvalue weighted by Crippen LogP contribution is 2.20. The van der Waals surface area contributed by atoms with Gasteiger partial charge in [0.05, 0.1) is 17.7 Å². The maximum atomic E-state index is 11.3. The van der Waals surface area contributed by atoms with Gasteiger partial charge in [-0.2, -0.15) is 0 Å². The maximum Gasteiger partial charge on any atom is 0.316 e. The third kappa shape index (κ3) is 2.57. The predicted molar refractivity (Wildman–Crippen MR) is 65.0 cm³/mol. The molecule has 0 bridgehead atoms. The number of rotatable bonds is 3. The van der Waals surface area contributed by atoms with Crippen molar-refractivity contribution in [3.63, 3.8) is 0 Å². The summed E-state index contributed by atoms with van der Waals surface area (Å²) in [6.07, 6.45) is 2.20. The maximum absolute atomic E-state index is 11.3. The standard InChI is InChI=1S/C9H12N6O3S/c1-15-4-7(11-14-15)8-12-13-9(18-8)10-6-2-3-19(16,17)5-6/h4,6H,2-3,5H2,1H3,(H,10,13). The second-order valence-electron chi connectivity index (χ2n) is 4.43. The lowest BCUT2D eigenvalue weighted by Crippen LogP contribution is -2.20. The molecule has 2 aromatic heterocycles. The topological polar surface area (TPSA) is 116 Å². The minimum Gasteiger partial charge on any atom is -0.402 e. The molecule has 0 amide bonds. The van der Waals surface area contributed by atoms with E-state index in [4.69, 9.17) is 4.42 Å². The van der Waals surface area contributed by atoms with Gasteiger partial charge in [0, 0.05) is 13.1 Å². The monoisotopic (exact) mass is 284 g/mol. The molecule has 1 N–H and O–H groups in total. The van der Waals surface area contributed by atoms with Crippen molar-refractivity contribution in [1.82, 2.24) is 25.2 Å². The molecular weight excluding hydrogens is 272 g/mol. The molecule has 3 heterocycles. The summed E-state index contributed by atoms with van der Waals surface area (Å²) in [4.78, 5) is 0. The minimum atomic E-state index is -2.94. The van der Waals surface area contributed by atoms with Gasteiger partial charge in [0.15, 0.2) is 15.5 Å². The van der Waals surface area contributed by atoms with Gasteiger partial charge >= 0.3 is 6.01 Å². The van der Waals surface area contributed by atoms with E-state index in [1.807, 2.05) is 0 Å². The van der Waals surface area contributed by atoms with Crippen molar-refractivity contribution in [2.24, 2.45) is 7.05 Å². The lowest BCUT2D eigenvalue weighted by Gasteiger charge is -2.06. The fraction of sp³-hybridized carbons (Fsp3) is 0.556. The van der Waals surface area contributed by atoms with Gasteiger partial charge in [-0.3, -0.25) is 4.68 Å². The second kappa shape index (κ2) is 4.30. The highest BCUT2D eigenvalue weighted by Gasteiger charge is 2.29. The van der Waals surface area contributed by atoms with Crippen LogP contribution in [0.25, 0.3) is 11.6 Å². The summed E-state index contributed by atoms with van der Waals surface area (Å²) in [5, 5.41) is 18.2. The molecule has 9 nitrogen and oxygen atoms in total. The van der Waals surface area contributed by atoms with Crippen LogP contribution in [-0.4, -0.2) is 51.2 Å². The molecule has 1 atom stereocenters. The van der Waals surface area contributed by atoms with Crippen molar-refractivity contribution >= 4 is 15.9 Å². The van der Waals surface area contributed by atoms with Crippen LogP contribution >= 0.6 is 0 Å². The Morgan fingerprint density at radius 3 is 2.89 bits per heavy atom. The molecule has 0 aromatic carbocycles. The van der Waals surface area contributed by atoms with Gasteiger partial charge in [-0.25, -0.2) is 8.42 Å². The van der Waals surface area contributed by atoms with Gasteiger partial charge in [0.25, 0.3) is 5.89 Å². The molecule has 0 radical (unpaired) electrons. The van der Waals surface area contributed by atoms with Gasteiger partial charge in [0.2, 0.25) is 0 Å². The number of aryl methyl sites for hydroxylation is 1. The molecule has 0 saturated carbocycles. The molecule has 10 heteroatoms. The van der Waals surface area contributed by atoms with Crippen molar-refractivity contribution in [1.29, 1.82) is 0 Å². The molecule has 3 rings (SSSR count). The highest BCUT2D eigenvalue weighted by molar-refractivity contribution is 7.91. The molecule has 2 aromatic rings. The molecule has 102 valence electrons. The molecule has 1 saturated heterocycles. The lowest BCUT2D eigenvalue weighted by atomic mass is 10.3. The fourth-order valence-corrected chi connectivity index (χ4v) is 3.59. The van der Waals surface area contributed by atoms with Gasteiger partial charge in [-0.05, 0) is 6.42 Å². The normalized spacial score (nSPS) is 21.6. The molecule has 1 aliphatic heterocycles. The Morgan fingerprint density at radius 1 is 1.42 bits per heavy atom. The zero-order valence-electron chi connectivity index (χ0n) is 10.1. The molecule has 1 unspecified atom stereocenters. The van der Waals surface area contributed by atoms with E-state index in [1.54, 1.807) is 13.2 Å². The Kier molecular flexibility index (Phi) is 2.73. The van der Waals surface area contributed by atoms with Crippen molar-refractivity contribution in [2.45, 2.75) is 12.5 Å². The van der Waals surface area contributed by atoms with Crippen molar-refractivity contribution in [2.75, 3.05) is 16.8 Å². The van der Waals surface area contributed by atoms with E-state index in [0.717, 1.165) is 0 Å². The Morgan fingerprint density at radius 2 is 2.26 bits per heavy atom. The SMILES string of the molecule is Cn1cc(-c2nnc(NC3CCS(=O)(=O)C3)o2)nn1. The number of hydrogen-bond donors (Lipinski definition) is 1. The summed E-state index contributed by atoms with van der Waals surface area (Å²) in [5.74, 6) is 0.530. The van der Waals surface area contributed by atoms with Gasteiger partial charge in [-0.1, -0.05) is 10.3 Å². The van der Waals surface area contributed by atoms with E-state index in [9.17, 15) is 8.42 Å². The third-order valence-electron chi connectivity index (χ3n) is 2.81. The third-order valence-corrected chi connectivity index (χ3v) is 4.57. The van der Waals surface area contributed by atoms with Crippen LogP contribution in [0.4, 0.5) is 6.01 Å². The summed E-state index contributed by atoms with van der Waals surface area (Å²) in [6.45, 7) is 0. The number of anilines is 1. The first-order valence-electron chi connectivity index (χ1n) is 5.69. The first kappa shape index (κ1) is 12.1. The zero-order chi connectivity index (χ0) is 13.5.